The summed E-state index contributed by atoms with van der Waals surface area (Å²) in [4.78, 5) is 29.1. The van der Waals surface area contributed by atoms with Crippen LogP contribution in [0, 0.1) is 6.92 Å². The number of benzene rings is 1. The van der Waals surface area contributed by atoms with Crippen molar-refractivity contribution >= 4 is 29.3 Å². The number of hydrogen-bond acceptors (Lipinski definition) is 9. The molecule has 0 bridgehead atoms. The van der Waals surface area contributed by atoms with Crippen LogP contribution >= 0.6 is 11.8 Å². The van der Waals surface area contributed by atoms with Gasteiger partial charge in [0.1, 0.15) is 5.69 Å². The van der Waals surface area contributed by atoms with E-state index in [1.165, 1.54) is 19.6 Å². The molecule has 3 heterocycles. The number of aryl methyl sites for hydroxylation is 1. The number of methoxy groups -OCH3 is 1. The minimum atomic E-state index is -0.527. The first kappa shape index (κ1) is 21.3. The van der Waals surface area contributed by atoms with Gasteiger partial charge in [-0.15, -0.1) is 10.2 Å². The van der Waals surface area contributed by atoms with E-state index in [0.717, 1.165) is 17.3 Å². The number of furan rings is 2. The second kappa shape index (κ2) is 9.48. The van der Waals surface area contributed by atoms with Gasteiger partial charge in [-0.1, -0.05) is 23.9 Å². The molecule has 0 saturated carbocycles. The van der Waals surface area contributed by atoms with Crippen molar-refractivity contribution in [2.45, 2.75) is 12.1 Å². The van der Waals surface area contributed by atoms with E-state index in [1.807, 2.05) is 0 Å². The number of amides is 1. The molecular formula is C22H18N4O5S. The zero-order valence-corrected chi connectivity index (χ0v) is 18.0. The maximum atomic E-state index is 12.6. The lowest BCUT2D eigenvalue weighted by atomic mass is 10.1. The third-order valence-electron chi connectivity index (χ3n) is 4.45. The van der Waals surface area contributed by atoms with Crippen molar-refractivity contribution in [3.05, 3.63) is 66.1 Å². The summed E-state index contributed by atoms with van der Waals surface area (Å²) in [5, 5.41) is 11.4. The molecule has 1 amide bonds. The lowest BCUT2D eigenvalue weighted by molar-refractivity contribution is -0.113. The third-order valence-corrected chi connectivity index (χ3v) is 5.29. The predicted molar refractivity (Wildman–Crippen MR) is 117 cm³/mol. The van der Waals surface area contributed by atoms with Crippen LogP contribution in [0.5, 0.6) is 0 Å². The van der Waals surface area contributed by atoms with Gasteiger partial charge in [-0.05, 0) is 42.8 Å². The summed E-state index contributed by atoms with van der Waals surface area (Å²) in [5.74, 6) is 0.156. The number of ether oxygens (including phenoxy) is 1. The topological polar surface area (TPSA) is 120 Å². The average Bonchev–Trinajstić information content (AvgIpc) is 3.53. The number of carbonyl (C=O) groups is 2. The van der Waals surface area contributed by atoms with Crippen LogP contribution in [0.3, 0.4) is 0 Å². The fourth-order valence-electron chi connectivity index (χ4n) is 2.96. The van der Waals surface area contributed by atoms with Crippen molar-refractivity contribution in [1.29, 1.82) is 0 Å². The van der Waals surface area contributed by atoms with Crippen LogP contribution < -0.4 is 5.32 Å². The van der Waals surface area contributed by atoms with Crippen LogP contribution in [0.1, 0.15) is 15.9 Å². The smallest absolute Gasteiger partial charge is 0.339 e. The number of nitrogens with zero attached hydrogens (tertiary/aromatic N) is 3. The summed E-state index contributed by atoms with van der Waals surface area (Å²) in [6.07, 6.45) is 3.06. The first-order valence-electron chi connectivity index (χ1n) is 9.50. The highest BCUT2D eigenvalue weighted by molar-refractivity contribution is 7.99. The highest BCUT2D eigenvalue weighted by Crippen LogP contribution is 2.30. The number of nitrogens with one attached hydrogen (secondary N) is 1. The van der Waals surface area contributed by atoms with Gasteiger partial charge in [0.05, 0.1) is 36.6 Å². The molecule has 4 aromatic rings. The number of thioether (sulfide) groups is 1. The van der Waals surface area contributed by atoms with E-state index < -0.39 is 5.97 Å². The van der Waals surface area contributed by atoms with E-state index in [-0.39, 0.29) is 17.2 Å². The molecule has 162 valence electrons. The summed E-state index contributed by atoms with van der Waals surface area (Å²) >= 11 is 1.11. The molecule has 3 aromatic heterocycles. The molecule has 32 heavy (non-hydrogen) atoms. The van der Waals surface area contributed by atoms with Crippen molar-refractivity contribution in [3.8, 4) is 22.9 Å². The molecule has 0 aliphatic carbocycles. The molecule has 10 heteroatoms. The molecule has 0 aliphatic rings. The lowest BCUT2D eigenvalue weighted by Crippen LogP contribution is -2.18. The Balaban J connectivity index is 1.52. The summed E-state index contributed by atoms with van der Waals surface area (Å²) in [7, 11) is 1.29. The van der Waals surface area contributed by atoms with Crippen LogP contribution in [-0.2, 0) is 9.53 Å². The number of aromatic nitrogens is 3. The molecule has 0 fully saturated rings. The van der Waals surface area contributed by atoms with Crippen LogP contribution in [0.15, 0.2) is 69.0 Å². The van der Waals surface area contributed by atoms with Crippen LogP contribution in [0.2, 0.25) is 0 Å². The van der Waals surface area contributed by atoms with Crippen molar-refractivity contribution in [1.82, 2.24) is 15.2 Å². The highest BCUT2D eigenvalue weighted by Gasteiger charge is 2.19. The van der Waals surface area contributed by atoms with Crippen molar-refractivity contribution in [2.75, 3.05) is 18.2 Å². The Labute approximate surface area is 187 Å². The monoisotopic (exact) mass is 450 g/mol. The Kier molecular flexibility index (Phi) is 6.31. The fraction of sp³-hybridized carbons (Fsp3) is 0.136. The summed E-state index contributed by atoms with van der Waals surface area (Å²) < 4.78 is 15.7. The van der Waals surface area contributed by atoms with Crippen molar-refractivity contribution in [3.63, 3.8) is 0 Å². The van der Waals surface area contributed by atoms with E-state index in [9.17, 15) is 9.59 Å². The molecule has 0 aliphatic heterocycles. The SMILES string of the molecule is COC(=O)c1cccc(C)c1NC(=O)CSc1nnc(-c2ccco2)c(-c2ccco2)n1. The standard InChI is InChI=1S/C22H18N4O5S/c1-13-6-3-7-14(21(28)29-2)18(13)23-17(27)12-32-22-24-19(15-8-4-10-30-15)20(25-26-22)16-9-5-11-31-16/h3-11H,12H2,1-2H3,(H,23,27). The van der Waals surface area contributed by atoms with Crippen LogP contribution in [0.4, 0.5) is 5.69 Å². The second-order valence-corrected chi connectivity index (χ2v) is 7.51. The molecule has 0 unspecified atom stereocenters. The van der Waals surface area contributed by atoms with E-state index in [0.29, 0.717) is 33.8 Å². The molecule has 0 radical (unpaired) electrons. The molecule has 1 N–H and O–H groups in total. The summed E-state index contributed by atoms with van der Waals surface area (Å²) in [5.41, 5.74) is 2.32. The molecular weight excluding hydrogens is 432 g/mol. The van der Waals surface area contributed by atoms with E-state index >= 15 is 0 Å². The van der Waals surface area contributed by atoms with Crippen LogP contribution in [0.25, 0.3) is 22.9 Å². The molecule has 9 nitrogen and oxygen atoms in total. The van der Waals surface area contributed by atoms with Gasteiger partial charge in [-0.25, -0.2) is 9.78 Å². The molecule has 0 spiro atoms. The van der Waals surface area contributed by atoms with Gasteiger partial charge in [0.2, 0.25) is 11.1 Å². The third kappa shape index (κ3) is 4.54. The average molecular weight is 450 g/mol. The van der Waals surface area contributed by atoms with E-state index in [1.54, 1.807) is 49.4 Å². The van der Waals surface area contributed by atoms with Crippen LogP contribution in [-0.4, -0.2) is 39.9 Å². The summed E-state index contributed by atoms with van der Waals surface area (Å²) in [6, 6.07) is 12.1. The van der Waals surface area contributed by atoms with Crippen molar-refractivity contribution < 1.29 is 23.2 Å². The maximum absolute atomic E-state index is 12.6. The normalized spacial score (nSPS) is 10.7. The Morgan fingerprint density at radius 2 is 1.72 bits per heavy atom. The Bertz CT molecular complexity index is 1240. The highest BCUT2D eigenvalue weighted by atomic mass is 32.2. The second-order valence-electron chi connectivity index (χ2n) is 6.57. The molecule has 0 atom stereocenters. The largest absolute Gasteiger partial charge is 0.465 e. The Morgan fingerprint density at radius 1 is 1.00 bits per heavy atom. The van der Waals surface area contributed by atoms with Gasteiger partial charge in [-0.3, -0.25) is 4.79 Å². The van der Waals surface area contributed by atoms with E-state index in [4.69, 9.17) is 13.6 Å². The first-order chi connectivity index (χ1) is 15.6. The number of esters is 1. The Hall–Kier alpha value is -3.92. The van der Waals surface area contributed by atoms with Gasteiger partial charge in [0.25, 0.3) is 0 Å². The minimum absolute atomic E-state index is 0.00825. The quantitative estimate of drug-likeness (QED) is 0.326. The van der Waals surface area contributed by atoms with Gasteiger partial charge in [0.15, 0.2) is 17.2 Å². The van der Waals surface area contributed by atoms with Crippen molar-refractivity contribution in [2.24, 2.45) is 0 Å². The number of rotatable bonds is 7. The predicted octanol–water partition coefficient (Wildman–Crippen LogP) is 4.22. The minimum Gasteiger partial charge on any atom is -0.465 e. The molecule has 1 aromatic carbocycles. The van der Waals surface area contributed by atoms with Gasteiger partial charge < -0.3 is 18.9 Å². The fourth-order valence-corrected chi connectivity index (χ4v) is 3.54. The number of para-hydroxylation sites is 1. The van der Waals surface area contributed by atoms with E-state index in [2.05, 4.69) is 20.5 Å². The number of anilines is 1. The maximum Gasteiger partial charge on any atom is 0.339 e. The Morgan fingerprint density at radius 3 is 2.38 bits per heavy atom. The number of carbonyl (C=O) groups excluding carboxylic acids is 2. The zero-order chi connectivity index (χ0) is 22.5. The molecule has 0 saturated heterocycles. The van der Waals surface area contributed by atoms with Gasteiger partial charge in [0, 0.05) is 0 Å². The summed E-state index contributed by atoms with van der Waals surface area (Å²) in [6.45, 7) is 1.80. The van der Waals surface area contributed by atoms with Gasteiger partial charge in [-0.2, -0.15) is 0 Å². The zero-order valence-electron chi connectivity index (χ0n) is 17.2. The lowest BCUT2D eigenvalue weighted by Gasteiger charge is -2.12. The first-order valence-corrected chi connectivity index (χ1v) is 10.5. The number of hydrogen-bond donors (Lipinski definition) is 1. The molecule has 4 rings (SSSR count). The van der Waals surface area contributed by atoms with Gasteiger partial charge >= 0.3 is 5.97 Å².